The molecule has 0 saturated carbocycles. The first-order chi connectivity index (χ1) is 8.97. The van der Waals surface area contributed by atoms with Crippen molar-refractivity contribution >= 4 is 5.97 Å². The van der Waals surface area contributed by atoms with Crippen molar-refractivity contribution in [2.45, 2.75) is 20.8 Å². The van der Waals surface area contributed by atoms with E-state index < -0.39 is 5.97 Å². The van der Waals surface area contributed by atoms with Crippen LogP contribution < -0.4 is 4.74 Å². The molecular weight excluding hydrogens is 242 g/mol. The van der Waals surface area contributed by atoms with Crippen molar-refractivity contribution in [3.8, 4) is 11.5 Å². The lowest BCUT2D eigenvalue weighted by atomic mass is 10.1. The number of pyridine rings is 1. The number of carbonyl (C=O) groups is 1. The van der Waals surface area contributed by atoms with E-state index in [1.54, 1.807) is 6.07 Å². The van der Waals surface area contributed by atoms with Crippen molar-refractivity contribution in [2.75, 3.05) is 0 Å². The number of hydrogen-bond acceptors (Lipinski definition) is 3. The fourth-order valence-corrected chi connectivity index (χ4v) is 1.80. The fraction of sp³-hybridized carbons (Fsp3) is 0.200. The molecule has 19 heavy (non-hydrogen) atoms. The second-order valence-electron chi connectivity index (χ2n) is 4.49. The SMILES string of the molecule is Cc1cc(C)c(C)c(Oc2ccc(C(=O)O)nc2)c1. The molecule has 1 heterocycles. The van der Waals surface area contributed by atoms with Gasteiger partial charge >= 0.3 is 5.97 Å². The van der Waals surface area contributed by atoms with Crippen molar-refractivity contribution in [1.29, 1.82) is 0 Å². The summed E-state index contributed by atoms with van der Waals surface area (Å²) in [6.07, 6.45) is 1.42. The summed E-state index contributed by atoms with van der Waals surface area (Å²) in [6, 6.07) is 7.07. The lowest BCUT2D eigenvalue weighted by molar-refractivity contribution is 0.0690. The molecular formula is C15H15NO3. The monoisotopic (exact) mass is 257 g/mol. The van der Waals surface area contributed by atoms with Crippen LogP contribution in [0.5, 0.6) is 11.5 Å². The number of aromatic nitrogens is 1. The van der Waals surface area contributed by atoms with Gasteiger partial charge in [0.15, 0.2) is 0 Å². The maximum absolute atomic E-state index is 10.7. The van der Waals surface area contributed by atoms with Crippen LogP contribution in [0, 0.1) is 20.8 Å². The van der Waals surface area contributed by atoms with E-state index in [2.05, 4.69) is 11.1 Å². The molecule has 1 aromatic carbocycles. The summed E-state index contributed by atoms with van der Waals surface area (Å²) in [7, 11) is 0. The van der Waals surface area contributed by atoms with Gasteiger partial charge in [-0.15, -0.1) is 0 Å². The average Bonchev–Trinajstić information content (AvgIpc) is 2.36. The molecule has 0 unspecified atom stereocenters. The molecule has 0 amide bonds. The van der Waals surface area contributed by atoms with Gasteiger partial charge < -0.3 is 9.84 Å². The van der Waals surface area contributed by atoms with Gasteiger partial charge in [0.05, 0.1) is 6.20 Å². The van der Waals surface area contributed by atoms with Gasteiger partial charge in [0.1, 0.15) is 17.2 Å². The largest absolute Gasteiger partial charge is 0.477 e. The number of nitrogens with zero attached hydrogens (tertiary/aromatic N) is 1. The second-order valence-corrected chi connectivity index (χ2v) is 4.49. The van der Waals surface area contributed by atoms with Gasteiger partial charge in [-0.25, -0.2) is 9.78 Å². The number of ether oxygens (including phenoxy) is 1. The first-order valence-corrected chi connectivity index (χ1v) is 5.92. The van der Waals surface area contributed by atoms with E-state index in [4.69, 9.17) is 9.84 Å². The van der Waals surface area contributed by atoms with E-state index in [9.17, 15) is 4.79 Å². The highest BCUT2D eigenvalue weighted by molar-refractivity contribution is 5.85. The molecule has 1 N–H and O–H groups in total. The molecule has 98 valence electrons. The van der Waals surface area contributed by atoms with E-state index in [-0.39, 0.29) is 5.69 Å². The van der Waals surface area contributed by atoms with Crippen LogP contribution in [0.3, 0.4) is 0 Å². The van der Waals surface area contributed by atoms with Gasteiger partial charge in [0.2, 0.25) is 0 Å². The number of hydrogen-bond donors (Lipinski definition) is 1. The Bertz CT molecular complexity index is 618. The van der Waals surface area contributed by atoms with Crippen LogP contribution in [0.15, 0.2) is 30.5 Å². The molecule has 0 spiro atoms. The minimum atomic E-state index is -1.05. The van der Waals surface area contributed by atoms with Crippen LogP contribution in [0.4, 0.5) is 0 Å². The smallest absolute Gasteiger partial charge is 0.354 e. The van der Waals surface area contributed by atoms with Crippen LogP contribution in [0.25, 0.3) is 0 Å². The Balaban J connectivity index is 2.28. The molecule has 0 aliphatic rings. The summed E-state index contributed by atoms with van der Waals surface area (Å²) >= 11 is 0. The van der Waals surface area contributed by atoms with Gasteiger partial charge in [-0.3, -0.25) is 0 Å². The van der Waals surface area contributed by atoms with Crippen molar-refractivity contribution in [1.82, 2.24) is 4.98 Å². The number of carboxylic acid groups (broad SMARTS) is 1. The zero-order chi connectivity index (χ0) is 14.0. The zero-order valence-corrected chi connectivity index (χ0v) is 11.1. The van der Waals surface area contributed by atoms with Gasteiger partial charge in [0.25, 0.3) is 0 Å². The standard InChI is InChI=1S/C15H15NO3/c1-9-6-10(2)11(3)14(7-9)19-12-4-5-13(15(17)18)16-8-12/h4-8H,1-3H3,(H,17,18). The Labute approximate surface area is 111 Å². The Morgan fingerprint density at radius 3 is 2.53 bits per heavy atom. The lowest BCUT2D eigenvalue weighted by Gasteiger charge is -2.11. The normalized spacial score (nSPS) is 10.3. The number of carboxylic acids is 1. The Kier molecular flexibility index (Phi) is 3.51. The summed E-state index contributed by atoms with van der Waals surface area (Å²) in [5, 5.41) is 8.78. The molecule has 4 nitrogen and oxygen atoms in total. The number of benzene rings is 1. The number of aromatic carboxylic acids is 1. The molecule has 2 rings (SSSR count). The average molecular weight is 257 g/mol. The van der Waals surface area contributed by atoms with Crippen LogP contribution in [0.2, 0.25) is 0 Å². The molecule has 0 atom stereocenters. The van der Waals surface area contributed by atoms with Crippen LogP contribution in [0.1, 0.15) is 27.2 Å². The van der Waals surface area contributed by atoms with Gasteiger partial charge in [-0.05, 0) is 55.7 Å². The third kappa shape index (κ3) is 2.91. The first-order valence-electron chi connectivity index (χ1n) is 5.92. The third-order valence-electron chi connectivity index (χ3n) is 2.95. The lowest BCUT2D eigenvalue weighted by Crippen LogP contribution is -1.99. The van der Waals surface area contributed by atoms with Crippen molar-refractivity contribution in [3.05, 3.63) is 52.8 Å². The van der Waals surface area contributed by atoms with Crippen molar-refractivity contribution < 1.29 is 14.6 Å². The highest BCUT2D eigenvalue weighted by Crippen LogP contribution is 2.28. The number of rotatable bonds is 3. The topological polar surface area (TPSA) is 59.4 Å². The molecule has 0 fully saturated rings. The quantitative estimate of drug-likeness (QED) is 0.914. The summed E-state index contributed by atoms with van der Waals surface area (Å²) in [4.78, 5) is 14.5. The van der Waals surface area contributed by atoms with E-state index in [1.165, 1.54) is 12.3 Å². The van der Waals surface area contributed by atoms with Crippen LogP contribution in [-0.4, -0.2) is 16.1 Å². The highest BCUT2D eigenvalue weighted by atomic mass is 16.5. The zero-order valence-electron chi connectivity index (χ0n) is 11.1. The van der Waals surface area contributed by atoms with Crippen LogP contribution in [-0.2, 0) is 0 Å². The molecule has 0 aliphatic carbocycles. The predicted octanol–water partition coefficient (Wildman–Crippen LogP) is 3.50. The summed E-state index contributed by atoms with van der Waals surface area (Å²) < 4.78 is 5.75. The van der Waals surface area contributed by atoms with Gasteiger partial charge in [0, 0.05) is 0 Å². The molecule has 0 radical (unpaired) electrons. The Morgan fingerprint density at radius 2 is 1.95 bits per heavy atom. The van der Waals surface area contributed by atoms with Crippen LogP contribution >= 0.6 is 0 Å². The number of aryl methyl sites for hydroxylation is 2. The Morgan fingerprint density at radius 1 is 1.21 bits per heavy atom. The van der Waals surface area contributed by atoms with E-state index >= 15 is 0 Å². The second kappa shape index (κ2) is 5.10. The Hall–Kier alpha value is -2.36. The van der Waals surface area contributed by atoms with Crippen molar-refractivity contribution in [2.24, 2.45) is 0 Å². The summed E-state index contributed by atoms with van der Waals surface area (Å²) in [5.41, 5.74) is 3.34. The highest BCUT2D eigenvalue weighted by Gasteiger charge is 2.07. The minimum Gasteiger partial charge on any atom is -0.477 e. The maximum Gasteiger partial charge on any atom is 0.354 e. The summed E-state index contributed by atoms with van der Waals surface area (Å²) in [6.45, 7) is 6.02. The molecule has 4 heteroatoms. The molecule has 1 aromatic heterocycles. The van der Waals surface area contributed by atoms with Crippen molar-refractivity contribution in [3.63, 3.8) is 0 Å². The first kappa shape index (κ1) is 13.1. The van der Waals surface area contributed by atoms with Gasteiger partial charge in [-0.1, -0.05) is 6.07 Å². The third-order valence-corrected chi connectivity index (χ3v) is 2.95. The summed E-state index contributed by atoms with van der Waals surface area (Å²) in [5.74, 6) is 0.245. The van der Waals surface area contributed by atoms with E-state index in [0.717, 1.165) is 22.4 Å². The molecule has 2 aromatic rings. The fourth-order valence-electron chi connectivity index (χ4n) is 1.80. The minimum absolute atomic E-state index is 0.00416. The molecule has 0 bridgehead atoms. The van der Waals surface area contributed by atoms with E-state index in [1.807, 2.05) is 26.8 Å². The van der Waals surface area contributed by atoms with E-state index in [0.29, 0.717) is 5.75 Å². The molecule has 0 saturated heterocycles. The van der Waals surface area contributed by atoms with Gasteiger partial charge in [-0.2, -0.15) is 0 Å². The maximum atomic E-state index is 10.7. The predicted molar refractivity (Wildman–Crippen MR) is 71.9 cm³/mol. The molecule has 0 aliphatic heterocycles.